The number of nitriles is 1. The Morgan fingerprint density at radius 2 is 1.65 bits per heavy atom. The molecule has 0 rings (SSSR count). The van der Waals surface area contributed by atoms with E-state index in [1.54, 1.807) is 0 Å². The lowest BCUT2D eigenvalue weighted by molar-refractivity contribution is -0.127. The van der Waals surface area contributed by atoms with Crippen molar-refractivity contribution in [3.8, 4) is 6.07 Å². The first-order valence-corrected chi connectivity index (χ1v) is 6.82. The average Bonchev–Trinajstić information content (AvgIpc) is 2.35. The molecule has 0 aromatic heterocycles. The minimum Gasteiger partial charge on any atom is -0.338 e. The predicted octanol–water partition coefficient (Wildman–Crippen LogP) is 3.40. The van der Waals surface area contributed by atoms with Crippen LogP contribution in [0.1, 0.15) is 66.2 Å². The lowest BCUT2D eigenvalue weighted by Crippen LogP contribution is -2.48. The largest absolute Gasteiger partial charge is 0.338 e. The van der Waals surface area contributed by atoms with Gasteiger partial charge in [-0.1, -0.05) is 40.5 Å². The van der Waals surface area contributed by atoms with Crippen LogP contribution < -0.4 is 5.32 Å². The predicted molar refractivity (Wildman–Crippen MR) is 70.4 cm³/mol. The van der Waals surface area contributed by atoms with Gasteiger partial charge >= 0.3 is 0 Å². The number of nitrogens with zero attached hydrogens (tertiary/aromatic N) is 1. The van der Waals surface area contributed by atoms with E-state index in [4.69, 9.17) is 0 Å². The quantitative estimate of drug-likeness (QED) is 0.704. The van der Waals surface area contributed by atoms with Crippen molar-refractivity contribution in [2.75, 3.05) is 0 Å². The Labute approximate surface area is 106 Å². The molecule has 0 radical (unpaired) electrons. The number of carbonyl (C=O) groups excluding carboxylic acids is 1. The highest BCUT2D eigenvalue weighted by Gasteiger charge is 2.30. The smallest absolute Gasteiger partial charge is 0.224 e. The van der Waals surface area contributed by atoms with Gasteiger partial charge in [0.2, 0.25) is 5.91 Å². The number of hydrogen-bond donors (Lipinski definition) is 1. The van der Waals surface area contributed by atoms with Gasteiger partial charge in [-0.15, -0.1) is 0 Å². The fourth-order valence-corrected chi connectivity index (χ4v) is 2.05. The van der Waals surface area contributed by atoms with Crippen molar-refractivity contribution >= 4 is 5.91 Å². The second kappa shape index (κ2) is 8.11. The summed E-state index contributed by atoms with van der Waals surface area (Å²) in [4.78, 5) is 12.2. The van der Waals surface area contributed by atoms with Gasteiger partial charge < -0.3 is 5.32 Å². The van der Waals surface area contributed by atoms with Gasteiger partial charge in [-0.2, -0.15) is 5.26 Å². The average molecular weight is 238 g/mol. The Morgan fingerprint density at radius 1 is 1.18 bits per heavy atom. The van der Waals surface area contributed by atoms with Gasteiger partial charge in [0.05, 0.1) is 6.07 Å². The number of carbonyl (C=O) groups is 1. The first-order valence-electron chi connectivity index (χ1n) is 6.82. The summed E-state index contributed by atoms with van der Waals surface area (Å²) in [6.07, 6.45) is 5.17. The van der Waals surface area contributed by atoms with Crippen molar-refractivity contribution < 1.29 is 4.79 Å². The van der Waals surface area contributed by atoms with Crippen molar-refractivity contribution in [3.63, 3.8) is 0 Å². The summed E-state index contributed by atoms with van der Waals surface area (Å²) in [5, 5.41) is 12.2. The SMILES string of the molecule is CCCC(CCC)C(=O)NC(C#N)(CC)CC. The van der Waals surface area contributed by atoms with Crippen LogP contribution in [0.2, 0.25) is 0 Å². The van der Waals surface area contributed by atoms with Crippen LogP contribution in [0.15, 0.2) is 0 Å². The summed E-state index contributed by atoms with van der Waals surface area (Å²) >= 11 is 0. The standard InChI is InChI=1S/C14H26N2O/c1-5-9-12(10-6-2)13(17)16-14(7-3,8-4)11-15/h12H,5-10H2,1-4H3,(H,16,17). The number of amides is 1. The number of hydrogen-bond acceptors (Lipinski definition) is 2. The monoisotopic (exact) mass is 238 g/mol. The molecular formula is C14H26N2O. The van der Waals surface area contributed by atoms with Gasteiger partial charge in [-0.25, -0.2) is 0 Å². The third-order valence-electron chi connectivity index (χ3n) is 3.43. The summed E-state index contributed by atoms with van der Waals surface area (Å²) in [7, 11) is 0. The van der Waals surface area contributed by atoms with Crippen LogP contribution in [-0.2, 0) is 4.79 Å². The molecule has 0 unspecified atom stereocenters. The lowest BCUT2D eigenvalue weighted by Gasteiger charge is -2.27. The molecule has 1 N–H and O–H groups in total. The molecule has 3 nitrogen and oxygen atoms in total. The fourth-order valence-electron chi connectivity index (χ4n) is 2.05. The van der Waals surface area contributed by atoms with Crippen LogP contribution in [-0.4, -0.2) is 11.4 Å². The topological polar surface area (TPSA) is 52.9 Å². The van der Waals surface area contributed by atoms with E-state index < -0.39 is 5.54 Å². The molecule has 0 bridgehead atoms. The molecule has 0 aliphatic carbocycles. The Hall–Kier alpha value is -1.04. The zero-order chi connectivity index (χ0) is 13.3. The van der Waals surface area contributed by atoms with Crippen LogP contribution in [0.5, 0.6) is 0 Å². The molecule has 1 amide bonds. The van der Waals surface area contributed by atoms with Gasteiger partial charge in [-0.05, 0) is 25.7 Å². The second-order valence-electron chi connectivity index (χ2n) is 4.66. The van der Waals surface area contributed by atoms with Gasteiger partial charge in [0.25, 0.3) is 0 Å². The molecule has 0 heterocycles. The molecule has 0 saturated heterocycles. The third kappa shape index (κ3) is 4.77. The van der Waals surface area contributed by atoms with E-state index in [0.29, 0.717) is 12.8 Å². The molecule has 98 valence electrons. The molecule has 0 aliphatic rings. The summed E-state index contributed by atoms with van der Waals surface area (Å²) in [6.45, 7) is 8.07. The van der Waals surface area contributed by atoms with E-state index in [1.807, 2.05) is 13.8 Å². The highest BCUT2D eigenvalue weighted by Crippen LogP contribution is 2.18. The van der Waals surface area contributed by atoms with Crippen LogP contribution >= 0.6 is 0 Å². The first-order chi connectivity index (χ1) is 8.09. The van der Waals surface area contributed by atoms with E-state index in [2.05, 4.69) is 25.2 Å². The molecule has 17 heavy (non-hydrogen) atoms. The number of rotatable bonds is 8. The maximum Gasteiger partial charge on any atom is 0.224 e. The zero-order valence-corrected chi connectivity index (χ0v) is 11.7. The summed E-state index contributed by atoms with van der Waals surface area (Å²) in [5.41, 5.74) is -0.670. The van der Waals surface area contributed by atoms with Crippen molar-refractivity contribution in [3.05, 3.63) is 0 Å². The van der Waals surface area contributed by atoms with Gasteiger partial charge in [0.15, 0.2) is 0 Å². The van der Waals surface area contributed by atoms with Crippen molar-refractivity contribution in [2.45, 2.75) is 71.8 Å². The Balaban J connectivity index is 4.62. The molecule has 0 fully saturated rings. The number of nitrogens with one attached hydrogen (secondary N) is 1. The normalized spacial score (nSPS) is 11.3. The van der Waals surface area contributed by atoms with Crippen molar-refractivity contribution in [2.24, 2.45) is 5.92 Å². The minimum atomic E-state index is -0.670. The molecule has 0 spiro atoms. The van der Waals surface area contributed by atoms with Crippen molar-refractivity contribution in [1.82, 2.24) is 5.32 Å². The Morgan fingerprint density at radius 3 is 1.94 bits per heavy atom. The summed E-state index contributed by atoms with van der Waals surface area (Å²) < 4.78 is 0. The molecule has 0 atom stereocenters. The van der Waals surface area contributed by atoms with E-state index in [9.17, 15) is 10.1 Å². The van der Waals surface area contributed by atoms with Gasteiger partial charge in [0, 0.05) is 5.92 Å². The van der Waals surface area contributed by atoms with Crippen LogP contribution in [0.3, 0.4) is 0 Å². The Bertz CT molecular complexity index is 258. The van der Waals surface area contributed by atoms with Crippen molar-refractivity contribution in [1.29, 1.82) is 5.26 Å². The highest BCUT2D eigenvalue weighted by molar-refractivity contribution is 5.79. The van der Waals surface area contributed by atoms with E-state index >= 15 is 0 Å². The summed E-state index contributed by atoms with van der Waals surface area (Å²) in [5.74, 6) is 0.120. The van der Waals surface area contributed by atoms with E-state index in [0.717, 1.165) is 25.7 Å². The Kier molecular flexibility index (Phi) is 7.61. The van der Waals surface area contributed by atoms with Crippen LogP contribution in [0.25, 0.3) is 0 Å². The molecule has 0 aromatic rings. The second-order valence-corrected chi connectivity index (χ2v) is 4.66. The molecule has 0 aliphatic heterocycles. The van der Waals surface area contributed by atoms with Gasteiger partial charge in [0.1, 0.15) is 5.54 Å². The van der Waals surface area contributed by atoms with Crippen LogP contribution in [0.4, 0.5) is 0 Å². The highest BCUT2D eigenvalue weighted by atomic mass is 16.2. The maximum absolute atomic E-state index is 12.2. The van der Waals surface area contributed by atoms with E-state index in [-0.39, 0.29) is 11.8 Å². The molecule has 0 saturated carbocycles. The molecular weight excluding hydrogens is 212 g/mol. The van der Waals surface area contributed by atoms with Crippen LogP contribution in [0, 0.1) is 17.2 Å². The maximum atomic E-state index is 12.2. The molecule has 3 heteroatoms. The zero-order valence-electron chi connectivity index (χ0n) is 11.7. The first kappa shape index (κ1) is 16.0. The van der Waals surface area contributed by atoms with Gasteiger partial charge in [-0.3, -0.25) is 4.79 Å². The lowest BCUT2D eigenvalue weighted by atomic mass is 9.91. The minimum absolute atomic E-state index is 0.0546. The fraction of sp³-hybridized carbons (Fsp3) is 0.857. The van der Waals surface area contributed by atoms with E-state index in [1.165, 1.54) is 0 Å². The molecule has 0 aromatic carbocycles. The summed E-state index contributed by atoms with van der Waals surface area (Å²) in [6, 6.07) is 2.25. The third-order valence-corrected chi connectivity index (χ3v) is 3.43.